The van der Waals surface area contributed by atoms with Crippen molar-refractivity contribution in [2.24, 2.45) is 5.92 Å². The van der Waals surface area contributed by atoms with Gasteiger partial charge in [-0.1, -0.05) is 12.5 Å². The van der Waals surface area contributed by atoms with Gasteiger partial charge in [0, 0.05) is 32.1 Å². The van der Waals surface area contributed by atoms with Crippen LogP contribution in [0.3, 0.4) is 0 Å². The molecule has 1 saturated carbocycles. The first-order valence-corrected chi connectivity index (χ1v) is 9.24. The van der Waals surface area contributed by atoms with Crippen LogP contribution in [0.2, 0.25) is 0 Å². The van der Waals surface area contributed by atoms with E-state index in [1.54, 1.807) is 4.90 Å². The molecule has 25 heavy (non-hydrogen) atoms. The lowest BCUT2D eigenvalue weighted by atomic mass is 9.84. The molecule has 1 atom stereocenters. The largest absolute Gasteiger partial charge is 0.339 e. The molecular weight excluding hydrogens is 321 g/mol. The van der Waals surface area contributed by atoms with Gasteiger partial charge in [-0.25, -0.2) is 9.18 Å². The van der Waals surface area contributed by atoms with Crippen molar-refractivity contribution in [2.45, 2.75) is 38.1 Å². The number of urea groups is 1. The Kier molecular flexibility index (Phi) is 4.36. The summed E-state index contributed by atoms with van der Waals surface area (Å²) in [7, 11) is 0. The van der Waals surface area contributed by atoms with Gasteiger partial charge in [0.2, 0.25) is 5.91 Å². The Morgan fingerprint density at radius 1 is 1.04 bits per heavy atom. The molecule has 134 valence electrons. The average Bonchev–Trinajstić information content (AvgIpc) is 2.95. The molecule has 1 heterocycles. The van der Waals surface area contributed by atoms with E-state index >= 15 is 0 Å². The Hall–Kier alpha value is -2.11. The van der Waals surface area contributed by atoms with E-state index in [1.807, 2.05) is 11.0 Å². The van der Waals surface area contributed by atoms with E-state index in [9.17, 15) is 14.0 Å². The summed E-state index contributed by atoms with van der Waals surface area (Å²) in [4.78, 5) is 28.5. The van der Waals surface area contributed by atoms with Crippen LogP contribution in [-0.4, -0.2) is 47.9 Å². The number of fused-ring (bicyclic) bond motifs is 1. The Bertz CT molecular complexity index is 681. The summed E-state index contributed by atoms with van der Waals surface area (Å²) in [6.07, 6.45) is 4.85. The zero-order chi connectivity index (χ0) is 17.4. The highest BCUT2D eigenvalue weighted by Gasteiger charge is 2.33. The summed E-state index contributed by atoms with van der Waals surface area (Å²) < 4.78 is 13.5. The van der Waals surface area contributed by atoms with E-state index in [-0.39, 0.29) is 29.7 Å². The maximum absolute atomic E-state index is 13.5. The minimum Gasteiger partial charge on any atom is -0.339 e. The molecular formula is C19H24FN3O2. The van der Waals surface area contributed by atoms with Crippen LogP contribution in [0, 0.1) is 11.7 Å². The first-order chi connectivity index (χ1) is 12.1. The molecule has 0 bridgehead atoms. The third-order valence-electron chi connectivity index (χ3n) is 5.82. The lowest BCUT2D eigenvalue weighted by Gasteiger charge is -2.38. The number of rotatable bonds is 2. The minimum atomic E-state index is -0.261. The number of nitrogens with zero attached hydrogens (tertiary/aromatic N) is 2. The Labute approximate surface area is 147 Å². The molecule has 3 amide bonds. The molecule has 3 aliphatic rings. The molecule has 2 aliphatic carbocycles. The van der Waals surface area contributed by atoms with Crippen LogP contribution in [0.4, 0.5) is 9.18 Å². The summed E-state index contributed by atoms with van der Waals surface area (Å²) in [6.45, 7) is 2.34. The maximum Gasteiger partial charge on any atom is 0.318 e. The average molecular weight is 345 g/mol. The topological polar surface area (TPSA) is 52.7 Å². The minimum absolute atomic E-state index is 0.113. The molecule has 1 aliphatic heterocycles. The summed E-state index contributed by atoms with van der Waals surface area (Å²) in [5.74, 6) is 0.208. The number of carbonyl (C=O) groups is 2. The van der Waals surface area contributed by atoms with Gasteiger partial charge in [-0.3, -0.25) is 4.79 Å². The zero-order valence-electron chi connectivity index (χ0n) is 14.3. The first kappa shape index (κ1) is 16.4. The van der Waals surface area contributed by atoms with Gasteiger partial charge >= 0.3 is 6.03 Å². The normalized spacial score (nSPS) is 23.2. The van der Waals surface area contributed by atoms with Crippen LogP contribution in [-0.2, 0) is 11.2 Å². The summed E-state index contributed by atoms with van der Waals surface area (Å²) in [5.41, 5.74) is 2.01. The van der Waals surface area contributed by atoms with Crippen LogP contribution in [0.25, 0.3) is 0 Å². The second kappa shape index (κ2) is 6.65. The highest BCUT2D eigenvalue weighted by Crippen LogP contribution is 2.32. The Morgan fingerprint density at radius 2 is 1.76 bits per heavy atom. The monoisotopic (exact) mass is 345 g/mol. The van der Waals surface area contributed by atoms with Gasteiger partial charge in [0.05, 0.1) is 6.04 Å². The van der Waals surface area contributed by atoms with Crippen molar-refractivity contribution < 1.29 is 14.0 Å². The van der Waals surface area contributed by atoms with Crippen LogP contribution in [0.15, 0.2) is 18.2 Å². The highest BCUT2D eigenvalue weighted by atomic mass is 19.1. The van der Waals surface area contributed by atoms with Gasteiger partial charge in [0.25, 0.3) is 0 Å². The third-order valence-corrected chi connectivity index (χ3v) is 5.82. The van der Waals surface area contributed by atoms with E-state index in [0.29, 0.717) is 26.2 Å². The van der Waals surface area contributed by atoms with E-state index in [2.05, 4.69) is 5.32 Å². The van der Waals surface area contributed by atoms with Gasteiger partial charge in [-0.15, -0.1) is 0 Å². The lowest BCUT2D eigenvalue weighted by Crippen LogP contribution is -2.54. The molecule has 1 saturated heterocycles. The number of piperazine rings is 1. The van der Waals surface area contributed by atoms with E-state index in [1.165, 1.54) is 12.1 Å². The molecule has 0 radical (unpaired) electrons. The molecule has 1 aromatic carbocycles. The molecule has 1 unspecified atom stereocenters. The van der Waals surface area contributed by atoms with Crippen molar-refractivity contribution in [1.29, 1.82) is 0 Å². The van der Waals surface area contributed by atoms with Crippen LogP contribution < -0.4 is 5.32 Å². The fourth-order valence-electron chi connectivity index (χ4n) is 4.01. The van der Waals surface area contributed by atoms with E-state index in [0.717, 1.165) is 43.2 Å². The number of benzene rings is 1. The van der Waals surface area contributed by atoms with Crippen LogP contribution in [0.1, 0.15) is 42.9 Å². The number of halogens is 1. The number of hydrogen-bond acceptors (Lipinski definition) is 2. The second-order valence-corrected chi connectivity index (χ2v) is 7.32. The molecule has 1 aromatic rings. The number of hydrogen-bond donors (Lipinski definition) is 1. The fourth-order valence-corrected chi connectivity index (χ4v) is 4.01. The summed E-state index contributed by atoms with van der Waals surface area (Å²) in [6, 6.07) is 4.58. The van der Waals surface area contributed by atoms with Crippen LogP contribution >= 0.6 is 0 Å². The van der Waals surface area contributed by atoms with Crippen molar-refractivity contribution >= 4 is 11.9 Å². The van der Waals surface area contributed by atoms with E-state index < -0.39 is 0 Å². The lowest BCUT2D eigenvalue weighted by molar-refractivity contribution is -0.139. The van der Waals surface area contributed by atoms with Gasteiger partial charge in [0.1, 0.15) is 5.82 Å². The second-order valence-electron chi connectivity index (χ2n) is 7.32. The summed E-state index contributed by atoms with van der Waals surface area (Å²) >= 11 is 0. The molecule has 5 nitrogen and oxygen atoms in total. The number of carbonyl (C=O) groups excluding carboxylic acids is 2. The predicted octanol–water partition coefficient (Wildman–Crippen LogP) is 2.47. The molecule has 0 spiro atoms. The van der Waals surface area contributed by atoms with Crippen molar-refractivity contribution in [3.8, 4) is 0 Å². The third kappa shape index (κ3) is 3.22. The molecule has 6 heteroatoms. The van der Waals surface area contributed by atoms with Gasteiger partial charge in [-0.2, -0.15) is 0 Å². The van der Waals surface area contributed by atoms with Crippen molar-refractivity contribution in [2.75, 3.05) is 26.2 Å². The van der Waals surface area contributed by atoms with E-state index in [4.69, 9.17) is 0 Å². The SMILES string of the molecule is O=C(NC1CCc2ccc(F)cc21)N1CCN(C(=O)C2CCC2)CC1. The van der Waals surface area contributed by atoms with Gasteiger partial charge in [-0.05, 0) is 48.9 Å². The molecule has 2 fully saturated rings. The maximum atomic E-state index is 13.5. The van der Waals surface area contributed by atoms with Gasteiger partial charge < -0.3 is 15.1 Å². The van der Waals surface area contributed by atoms with Crippen LogP contribution in [0.5, 0.6) is 0 Å². The molecule has 1 N–H and O–H groups in total. The molecule has 0 aromatic heterocycles. The predicted molar refractivity (Wildman–Crippen MR) is 91.5 cm³/mol. The standard InChI is InChI=1S/C19H24FN3O2/c20-15-6-4-13-5-7-17(16(13)12-15)21-19(25)23-10-8-22(9-11-23)18(24)14-2-1-3-14/h4,6,12,14,17H,1-3,5,7-11H2,(H,21,25). The number of amides is 3. The molecule has 4 rings (SSSR count). The number of aryl methyl sites for hydroxylation is 1. The highest BCUT2D eigenvalue weighted by molar-refractivity contribution is 5.80. The number of nitrogens with one attached hydrogen (secondary N) is 1. The van der Waals surface area contributed by atoms with Crippen molar-refractivity contribution in [1.82, 2.24) is 15.1 Å². The zero-order valence-corrected chi connectivity index (χ0v) is 14.3. The Morgan fingerprint density at radius 3 is 2.44 bits per heavy atom. The van der Waals surface area contributed by atoms with Crippen molar-refractivity contribution in [3.05, 3.63) is 35.1 Å². The summed E-state index contributed by atoms with van der Waals surface area (Å²) in [5, 5.41) is 3.04. The quantitative estimate of drug-likeness (QED) is 0.895. The first-order valence-electron chi connectivity index (χ1n) is 9.24. The fraction of sp³-hybridized carbons (Fsp3) is 0.579. The van der Waals surface area contributed by atoms with Gasteiger partial charge in [0.15, 0.2) is 0 Å². The Balaban J connectivity index is 1.31. The van der Waals surface area contributed by atoms with Crippen molar-refractivity contribution in [3.63, 3.8) is 0 Å². The smallest absolute Gasteiger partial charge is 0.318 e.